The van der Waals surface area contributed by atoms with Gasteiger partial charge >= 0.3 is 0 Å². The van der Waals surface area contributed by atoms with E-state index in [1.807, 2.05) is 24.3 Å². The van der Waals surface area contributed by atoms with Gasteiger partial charge in [-0.3, -0.25) is 4.79 Å². The van der Waals surface area contributed by atoms with Crippen LogP contribution in [0, 0.1) is 0 Å². The number of nitrogen functional groups attached to an aromatic ring is 1. The van der Waals surface area contributed by atoms with E-state index in [0.717, 1.165) is 10.1 Å². The zero-order valence-corrected chi connectivity index (χ0v) is 13.0. The Hall–Kier alpha value is -1.75. The summed E-state index contributed by atoms with van der Waals surface area (Å²) in [6, 6.07) is 12.6. The van der Waals surface area contributed by atoms with Gasteiger partial charge < -0.3 is 11.1 Å². The van der Waals surface area contributed by atoms with E-state index in [1.54, 1.807) is 18.2 Å². The third-order valence-electron chi connectivity index (χ3n) is 3.02. The smallest absolute Gasteiger partial charge is 0.267 e. The van der Waals surface area contributed by atoms with Crippen molar-refractivity contribution in [1.29, 1.82) is 0 Å². The summed E-state index contributed by atoms with van der Waals surface area (Å²) in [4.78, 5) is 12.8. The normalized spacial score (nSPS) is 10.8. The molecule has 6 heteroatoms. The molecule has 1 aromatic heterocycles. The van der Waals surface area contributed by atoms with Crippen LogP contribution in [0.15, 0.2) is 42.5 Å². The molecule has 0 aliphatic carbocycles. The molecule has 21 heavy (non-hydrogen) atoms. The Bertz CT molecular complexity index is 845. The lowest BCUT2D eigenvalue weighted by molar-refractivity contribution is 0.103. The Labute approximate surface area is 135 Å². The van der Waals surface area contributed by atoms with E-state index in [0.29, 0.717) is 26.3 Å². The van der Waals surface area contributed by atoms with Gasteiger partial charge in [-0.1, -0.05) is 41.4 Å². The van der Waals surface area contributed by atoms with Crippen LogP contribution in [0.25, 0.3) is 10.1 Å². The lowest BCUT2D eigenvalue weighted by Gasteiger charge is -2.05. The van der Waals surface area contributed by atoms with Crippen LogP contribution in [0.1, 0.15) is 9.67 Å². The number of benzene rings is 2. The van der Waals surface area contributed by atoms with Gasteiger partial charge in [0.05, 0.1) is 15.7 Å². The maximum absolute atomic E-state index is 12.3. The molecule has 0 unspecified atom stereocenters. The zero-order valence-electron chi connectivity index (χ0n) is 10.7. The van der Waals surface area contributed by atoms with E-state index >= 15 is 0 Å². The van der Waals surface area contributed by atoms with Gasteiger partial charge in [0.2, 0.25) is 0 Å². The molecule has 1 amide bonds. The van der Waals surface area contributed by atoms with Crippen LogP contribution >= 0.6 is 34.5 Å². The molecule has 0 aliphatic rings. The number of nitrogens with two attached hydrogens (primary N) is 1. The molecule has 3 N–H and O–H groups in total. The molecule has 3 aromatic rings. The first kappa shape index (κ1) is 14.2. The predicted octanol–water partition coefficient (Wildman–Crippen LogP) is 5.04. The van der Waals surface area contributed by atoms with Crippen molar-refractivity contribution >= 4 is 61.9 Å². The van der Waals surface area contributed by atoms with E-state index in [2.05, 4.69) is 5.32 Å². The highest BCUT2D eigenvalue weighted by Gasteiger charge is 2.16. The minimum Gasteiger partial charge on any atom is -0.397 e. The van der Waals surface area contributed by atoms with Crippen LogP contribution in [-0.2, 0) is 0 Å². The summed E-state index contributed by atoms with van der Waals surface area (Å²) in [6.07, 6.45) is 0. The van der Waals surface area contributed by atoms with Gasteiger partial charge in [0.1, 0.15) is 4.88 Å². The maximum Gasteiger partial charge on any atom is 0.267 e. The number of carbonyl (C=O) groups excluding carboxylic acids is 1. The molecular weight excluding hydrogens is 327 g/mol. The van der Waals surface area contributed by atoms with Crippen LogP contribution in [-0.4, -0.2) is 5.91 Å². The van der Waals surface area contributed by atoms with Gasteiger partial charge in [0.25, 0.3) is 5.91 Å². The van der Waals surface area contributed by atoms with Crippen molar-refractivity contribution in [2.75, 3.05) is 11.1 Å². The van der Waals surface area contributed by atoms with Gasteiger partial charge in [-0.2, -0.15) is 0 Å². The monoisotopic (exact) mass is 336 g/mol. The Morgan fingerprint density at radius 3 is 2.57 bits per heavy atom. The van der Waals surface area contributed by atoms with Crippen LogP contribution in [0.5, 0.6) is 0 Å². The topological polar surface area (TPSA) is 55.1 Å². The first-order chi connectivity index (χ1) is 10.1. The van der Waals surface area contributed by atoms with E-state index in [9.17, 15) is 4.79 Å². The van der Waals surface area contributed by atoms with Gasteiger partial charge in [-0.25, -0.2) is 0 Å². The van der Waals surface area contributed by atoms with Crippen LogP contribution in [0.3, 0.4) is 0 Å². The quantitative estimate of drug-likeness (QED) is 0.688. The fourth-order valence-electron chi connectivity index (χ4n) is 2.00. The zero-order chi connectivity index (χ0) is 15.0. The van der Waals surface area contributed by atoms with E-state index < -0.39 is 0 Å². The number of nitrogens with one attached hydrogen (secondary N) is 1. The summed E-state index contributed by atoms with van der Waals surface area (Å²) in [6.45, 7) is 0. The number of anilines is 2. The summed E-state index contributed by atoms with van der Waals surface area (Å²) in [5.74, 6) is -0.257. The number of thiophene rings is 1. The molecule has 2 aromatic carbocycles. The molecule has 3 rings (SSSR count). The average molecular weight is 337 g/mol. The Kier molecular flexibility index (Phi) is 3.76. The van der Waals surface area contributed by atoms with E-state index in [4.69, 9.17) is 28.9 Å². The molecule has 0 saturated heterocycles. The summed E-state index contributed by atoms with van der Waals surface area (Å²) in [7, 11) is 0. The van der Waals surface area contributed by atoms with Crippen molar-refractivity contribution in [3.8, 4) is 0 Å². The third kappa shape index (κ3) is 2.70. The molecule has 0 atom stereocenters. The van der Waals surface area contributed by atoms with E-state index in [1.165, 1.54) is 11.3 Å². The lowest BCUT2D eigenvalue weighted by Crippen LogP contribution is -2.11. The van der Waals surface area contributed by atoms with Gasteiger partial charge in [-0.15, -0.1) is 11.3 Å². The highest BCUT2D eigenvalue weighted by atomic mass is 35.5. The first-order valence-electron chi connectivity index (χ1n) is 6.09. The molecule has 0 radical (unpaired) electrons. The predicted molar refractivity (Wildman–Crippen MR) is 90.7 cm³/mol. The largest absolute Gasteiger partial charge is 0.397 e. The number of fused-ring (bicyclic) bond motifs is 1. The third-order valence-corrected chi connectivity index (χ3v) is 4.94. The number of hydrogen-bond acceptors (Lipinski definition) is 3. The van der Waals surface area contributed by atoms with Crippen molar-refractivity contribution < 1.29 is 4.79 Å². The Morgan fingerprint density at radius 2 is 1.86 bits per heavy atom. The molecule has 0 aliphatic heterocycles. The molecule has 3 nitrogen and oxygen atoms in total. The maximum atomic E-state index is 12.3. The first-order valence-corrected chi connectivity index (χ1v) is 7.67. The molecule has 0 bridgehead atoms. The minimum absolute atomic E-state index is 0.257. The van der Waals surface area contributed by atoms with Crippen molar-refractivity contribution in [2.24, 2.45) is 0 Å². The molecule has 0 saturated carbocycles. The molecule has 0 spiro atoms. The Morgan fingerprint density at radius 1 is 1.10 bits per heavy atom. The lowest BCUT2D eigenvalue weighted by atomic mass is 10.2. The Balaban J connectivity index is 1.93. The number of carbonyl (C=O) groups is 1. The minimum atomic E-state index is -0.257. The summed E-state index contributed by atoms with van der Waals surface area (Å²) in [5.41, 5.74) is 7.12. The van der Waals surface area contributed by atoms with Crippen LogP contribution in [0.2, 0.25) is 10.0 Å². The van der Waals surface area contributed by atoms with Crippen LogP contribution in [0.4, 0.5) is 11.4 Å². The summed E-state index contributed by atoms with van der Waals surface area (Å²) in [5, 5.41) is 4.50. The van der Waals surface area contributed by atoms with Crippen molar-refractivity contribution in [1.82, 2.24) is 0 Å². The highest BCUT2D eigenvalue weighted by Crippen LogP contribution is 2.34. The van der Waals surface area contributed by atoms with Gasteiger partial charge in [-0.05, 0) is 24.3 Å². The van der Waals surface area contributed by atoms with Crippen molar-refractivity contribution in [2.45, 2.75) is 0 Å². The van der Waals surface area contributed by atoms with Gasteiger partial charge in [0, 0.05) is 15.8 Å². The number of hydrogen-bond donors (Lipinski definition) is 2. The fraction of sp³-hybridized carbons (Fsp3) is 0. The van der Waals surface area contributed by atoms with Crippen molar-refractivity contribution in [3.63, 3.8) is 0 Å². The molecule has 0 fully saturated rings. The molecule has 106 valence electrons. The fourth-order valence-corrected chi connectivity index (χ4v) is 3.31. The number of rotatable bonds is 2. The number of amides is 1. The standard InChI is InChI=1S/C15H10Cl2N2OS/c16-10-6-5-8(7-11(10)17)19-15(20)14-13(18)9-3-1-2-4-12(9)21-14/h1-7H,18H2,(H,19,20). The molecular formula is C15H10Cl2N2OS. The second-order valence-electron chi connectivity index (χ2n) is 4.42. The highest BCUT2D eigenvalue weighted by molar-refractivity contribution is 7.21. The van der Waals surface area contributed by atoms with E-state index in [-0.39, 0.29) is 5.91 Å². The second-order valence-corrected chi connectivity index (χ2v) is 6.29. The second kappa shape index (κ2) is 5.56. The summed E-state index contributed by atoms with van der Waals surface area (Å²) < 4.78 is 0.981. The van der Waals surface area contributed by atoms with Crippen molar-refractivity contribution in [3.05, 3.63) is 57.4 Å². The average Bonchev–Trinajstić information content (AvgIpc) is 2.81. The summed E-state index contributed by atoms with van der Waals surface area (Å²) >= 11 is 13.1. The van der Waals surface area contributed by atoms with Gasteiger partial charge in [0.15, 0.2) is 0 Å². The SMILES string of the molecule is Nc1c(C(=O)Nc2ccc(Cl)c(Cl)c2)sc2ccccc12. The van der Waals surface area contributed by atoms with Crippen LogP contribution < -0.4 is 11.1 Å². The number of halogens is 2. The molecule has 1 heterocycles.